The minimum atomic E-state index is -0.338. The highest BCUT2D eigenvalue weighted by Gasteiger charge is 2.25. The lowest BCUT2D eigenvalue weighted by Crippen LogP contribution is -2.47. The number of para-hydroxylation sites is 3. The van der Waals surface area contributed by atoms with Crippen LogP contribution < -0.4 is 25.2 Å². The van der Waals surface area contributed by atoms with Gasteiger partial charge in [-0.05, 0) is 62.2 Å². The van der Waals surface area contributed by atoms with Crippen molar-refractivity contribution in [1.29, 1.82) is 0 Å². The molecule has 2 N–H and O–H groups in total. The third-order valence-electron chi connectivity index (χ3n) is 7.23. The Morgan fingerprint density at radius 3 is 2.13 bits per heavy atom. The highest BCUT2D eigenvalue weighted by atomic mass is 16.5. The van der Waals surface area contributed by atoms with Crippen LogP contribution in [0.4, 0.5) is 27.5 Å². The summed E-state index contributed by atoms with van der Waals surface area (Å²) in [4.78, 5) is 32.8. The van der Waals surface area contributed by atoms with E-state index in [1.54, 1.807) is 13.2 Å². The summed E-state index contributed by atoms with van der Waals surface area (Å²) in [7, 11) is 1.69. The van der Waals surface area contributed by atoms with Gasteiger partial charge in [0.25, 0.3) is 5.91 Å². The number of piperazine rings is 1. The van der Waals surface area contributed by atoms with Crippen molar-refractivity contribution >= 4 is 34.7 Å². The monoisotopic (exact) mass is 529 g/mol. The van der Waals surface area contributed by atoms with Crippen LogP contribution in [0.5, 0.6) is 5.75 Å². The molecular formula is C31H39N5O3. The van der Waals surface area contributed by atoms with Crippen LogP contribution in [0.1, 0.15) is 36.7 Å². The molecular weight excluding hydrogens is 490 g/mol. The fourth-order valence-electron chi connectivity index (χ4n) is 5.06. The zero-order valence-electron chi connectivity index (χ0n) is 23.4. The van der Waals surface area contributed by atoms with Crippen LogP contribution in [-0.2, 0) is 6.42 Å². The number of hydrogen-bond acceptors (Lipinski definition) is 5. The molecule has 1 fully saturated rings. The average Bonchev–Trinajstić information content (AvgIpc) is 2.98. The van der Waals surface area contributed by atoms with Crippen molar-refractivity contribution in [2.75, 3.05) is 66.8 Å². The Bertz CT molecular complexity index is 1280. The van der Waals surface area contributed by atoms with Crippen LogP contribution in [0, 0.1) is 0 Å². The highest BCUT2D eigenvalue weighted by molar-refractivity contribution is 6.04. The summed E-state index contributed by atoms with van der Waals surface area (Å²) >= 11 is 0. The summed E-state index contributed by atoms with van der Waals surface area (Å²) < 4.78 is 5.56. The Hall–Kier alpha value is -4.20. The van der Waals surface area contributed by atoms with E-state index in [9.17, 15) is 9.59 Å². The van der Waals surface area contributed by atoms with Gasteiger partial charge in [-0.15, -0.1) is 0 Å². The Kier molecular flexibility index (Phi) is 9.31. The van der Waals surface area contributed by atoms with Gasteiger partial charge in [0, 0.05) is 56.3 Å². The normalized spacial score (nSPS) is 13.1. The Morgan fingerprint density at radius 2 is 1.46 bits per heavy atom. The first-order valence-corrected chi connectivity index (χ1v) is 13.7. The van der Waals surface area contributed by atoms with Crippen molar-refractivity contribution in [3.05, 3.63) is 77.9 Å². The summed E-state index contributed by atoms with van der Waals surface area (Å²) in [5.41, 5.74) is 4.97. The summed E-state index contributed by atoms with van der Waals surface area (Å²) in [6.45, 7) is 10.4. The summed E-state index contributed by atoms with van der Waals surface area (Å²) in [6.07, 6.45) is 0.817. The van der Waals surface area contributed by atoms with E-state index in [2.05, 4.69) is 33.4 Å². The van der Waals surface area contributed by atoms with Gasteiger partial charge in [-0.2, -0.15) is 0 Å². The second-order valence-electron chi connectivity index (χ2n) is 9.45. The van der Waals surface area contributed by atoms with Crippen molar-refractivity contribution in [3.63, 3.8) is 0 Å². The quantitative estimate of drug-likeness (QED) is 0.371. The second kappa shape index (κ2) is 13.0. The van der Waals surface area contributed by atoms with Gasteiger partial charge >= 0.3 is 6.03 Å². The standard InChI is InChI=1S/C31H39N5O3/c1-5-23-12-8-9-13-26(23)33-31(38)32-24-16-17-27(25(22-24)30(37)34(6-2)7-3)35-18-20-36(21-19-35)28-14-10-11-15-29(28)39-4/h8-17,22H,5-7,18-21H2,1-4H3,(H2,32,33,38). The SMILES string of the molecule is CCc1ccccc1NC(=O)Nc1ccc(N2CCN(c3ccccc3OC)CC2)c(C(=O)N(CC)CC)c1. The first kappa shape index (κ1) is 27.8. The number of aryl methyl sites for hydroxylation is 1. The maximum Gasteiger partial charge on any atom is 0.323 e. The topological polar surface area (TPSA) is 77.1 Å². The second-order valence-corrected chi connectivity index (χ2v) is 9.45. The largest absolute Gasteiger partial charge is 0.495 e. The Morgan fingerprint density at radius 1 is 0.821 bits per heavy atom. The molecule has 1 aliphatic rings. The van der Waals surface area contributed by atoms with Crippen molar-refractivity contribution in [2.24, 2.45) is 0 Å². The number of anilines is 4. The minimum absolute atomic E-state index is 0.0393. The van der Waals surface area contributed by atoms with Gasteiger partial charge in [0.05, 0.1) is 18.4 Å². The van der Waals surface area contributed by atoms with Gasteiger partial charge in [-0.1, -0.05) is 37.3 Å². The van der Waals surface area contributed by atoms with E-state index >= 15 is 0 Å². The molecule has 206 valence electrons. The number of urea groups is 1. The number of ether oxygens (including phenoxy) is 1. The molecule has 0 unspecified atom stereocenters. The minimum Gasteiger partial charge on any atom is -0.495 e. The Labute approximate surface area is 231 Å². The lowest BCUT2D eigenvalue weighted by Gasteiger charge is -2.38. The molecule has 0 aromatic heterocycles. The molecule has 1 heterocycles. The fourth-order valence-corrected chi connectivity index (χ4v) is 5.06. The van der Waals surface area contributed by atoms with Crippen molar-refractivity contribution in [3.8, 4) is 5.75 Å². The van der Waals surface area contributed by atoms with Crippen molar-refractivity contribution in [2.45, 2.75) is 27.2 Å². The molecule has 3 amide bonds. The molecule has 39 heavy (non-hydrogen) atoms. The van der Waals surface area contributed by atoms with Crippen LogP contribution in [0.15, 0.2) is 66.7 Å². The Balaban J connectivity index is 1.54. The number of carbonyl (C=O) groups is 2. The molecule has 4 rings (SSSR count). The first-order valence-electron chi connectivity index (χ1n) is 13.7. The van der Waals surface area contributed by atoms with Crippen LogP contribution in [0.25, 0.3) is 0 Å². The van der Waals surface area contributed by atoms with Gasteiger partial charge in [0.2, 0.25) is 0 Å². The predicted molar refractivity (Wildman–Crippen MR) is 160 cm³/mol. The lowest BCUT2D eigenvalue weighted by molar-refractivity contribution is 0.0773. The maximum absolute atomic E-state index is 13.6. The zero-order chi connectivity index (χ0) is 27.8. The maximum atomic E-state index is 13.6. The van der Waals surface area contributed by atoms with E-state index in [-0.39, 0.29) is 11.9 Å². The summed E-state index contributed by atoms with van der Waals surface area (Å²) in [6, 6.07) is 21.1. The number of carbonyl (C=O) groups excluding carboxylic acids is 2. The zero-order valence-corrected chi connectivity index (χ0v) is 23.4. The summed E-state index contributed by atoms with van der Waals surface area (Å²) in [5, 5.41) is 5.86. The first-order chi connectivity index (χ1) is 19.0. The van der Waals surface area contributed by atoms with Gasteiger partial charge in [0.1, 0.15) is 5.75 Å². The number of methoxy groups -OCH3 is 1. The molecule has 8 heteroatoms. The molecule has 1 aliphatic heterocycles. The third-order valence-corrected chi connectivity index (χ3v) is 7.23. The number of rotatable bonds is 9. The third kappa shape index (κ3) is 6.45. The van der Waals surface area contributed by atoms with Crippen LogP contribution in [0.3, 0.4) is 0 Å². The molecule has 0 bridgehead atoms. The highest BCUT2D eigenvalue weighted by Crippen LogP contribution is 2.31. The van der Waals surface area contributed by atoms with E-state index in [0.717, 1.165) is 61.0 Å². The molecule has 0 radical (unpaired) electrons. The predicted octanol–water partition coefficient (Wildman–Crippen LogP) is 5.71. The number of nitrogens with one attached hydrogen (secondary N) is 2. The lowest BCUT2D eigenvalue weighted by atomic mass is 10.1. The van der Waals surface area contributed by atoms with Crippen molar-refractivity contribution < 1.29 is 14.3 Å². The fraction of sp³-hybridized carbons (Fsp3) is 0.355. The molecule has 0 spiro atoms. The van der Waals surface area contributed by atoms with Gasteiger partial charge in [-0.25, -0.2) is 4.79 Å². The smallest absolute Gasteiger partial charge is 0.323 e. The molecule has 0 saturated carbocycles. The number of nitrogens with zero attached hydrogens (tertiary/aromatic N) is 3. The molecule has 3 aromatic rings. The molecule has 0 aliphatic carbocycles. The number of benzene rings is 3. The molecule has 0 atom stereocenters. The van der Waals surface area contributed by atoms with E-state index in [1.165, 1.54) is 0 Å². The van der Waals surface area contributed by atoms with Crippen LogP contribution >= 0.6 is 0 Å². The number of amides is 3. The average molecular weight is 530 g/mol. The van der Waals surface area contributed by atoms with Crippen molar-refractivity contribution in [1.82, 2.24) is 4.90 Å². The van der Waals surface area contributed by atoms with E-state index < -0.39 is 0 Å². The van der Waals surface area contributed by atoms with Gasteiger partial charge in [0.15, 0.2) is 0 Å². The van der Waals surface area contributed by atoms with E-state index in [4.69, 9.17) is 4.74 Å². The van der Waals surface area contributed by atoms with Gasteiger partial charge in [-0.3, -0.25) is 4.79 Å². The van der Waals surface area contributed by atoms with E-state index in [1.807, 2.05) is 73.3 Å². The van der Waals surface area contributed by atoms with Crippen LogP contribution in [0.2, 0.25) is 0 Å². The molecule has 3 aromatic carbocycles. The molecule has 8 nitrogen and oxygen atoms in total. The van der Waals surface area contributed by atoms with E-state index in [0.29, 0.717) is 24.3 Å². The number of hydrogen-bond donors (Lipinski definition) is 2. The van der Waals surface area contributed by atoms with Crippen LogP contribution in [-0.4, -0.2) is 63.2 Å². The summed E-state index contributed by atoms with van der Waals surface area (Å²) in [5.74, 6) is 0.821. The molecule has 1 saturated heterocycles. The van der Waals surface area contributed by atoms with Gasteiger partial charge < -0.3 is 30.1 Å².